The number of halogens is 2. The number of fused-ring (bicyclic) bond motifs is 1. The SMILES string of the molecule is CNC(=O)N(/C=C(/F)C=O)C1CC(F)C(COP(NCC(=O)OC(C)C)Oc2cccc3ccccc23)O1. The molecule has 206 valence electrons. The standard InChI is InChI=1S/C25H30F2N3O7P/c1-16(2)35-24(32)12-29-38(37-21-10-6-8-17-7-4-5-9-19(17)21)34-15-22-20(27)11-23(36-22)30(25(33)28-3)13-18(26)14-31/h4-10,13-14,16,20,22-23,29H,11-12,15H2,1-3H3,(H,28,33)/b18-13+. The number of aldehydes is 1. The van der Waals surface area contributed by atoms with Gasteiger partial charge in [-0.2, -0.15) is 0 Å². The Labute approximate surface area is 220 Å². The molecule has 0 spiro atoms. The molecule has 4 atom stereocenters. The van der Waals surface area contributed by atoms with Crippen LogP contribution < -0.4 is 14.9 Å². The molecule has 0 saturated carbocycles. The highest BCUT2D eigenvalue weighted by Crippen LogP contribution is 2.40. The molecule has 0 bridgehead atoms. The summed E-state index contributed by atoms with van der Waals surface area (Å²) in [5.74, 6) is -1.26. The van der Waals surface area contributed by atoms with Crippen molar-refractivity contribution in [2.24, 2.45) is 0 Å². The van der Waals surface area contributed by atoms with Gasteiger partial charge in [-0.25, -0.2) is 18.7 Å². The van der Waals surface area contributed by atoms with E-state index in [1.165, 1.54) is 7.05 Å². The van der Waals surface area contributed by atoms with Crippen molar-refractivity contribution in [2.75, 3.05) is 20.2 Å². The summed E-state index contributed by atoms with van der Waals surface area (Å²) in [6.07, 6.45) is -3.90. The summed E-state index contributed by atoms with van der Waals surface area (Å²) in [5, 5.41) is 6.89. The van der Waals surface area contributed by atoms with Crippen LogP contribution in [0.5, 0.6) is 5.75 Å². The normalized spacial score (nSPS) is 20.3. The minimum atomic E-state index is -1.97. The van der Waals surface area contributed by atoms with E-state index in [2.05, 4.69) is 10.4 Å². The molecule has 2 aromatic carbocycles. The first-order chi connectivity index (χ1) is 18.2. The molecule has 10 nitrogen and oxygen atoms in total. The van der Waals surface area contributed by atoms with Gasteiger partial charge >= 0.3 is 20.5 Å². The van der Waals surface area contributed by atoms with Crippen molar-refractivity contribution >= 4 is 37.6 Å². The lowest BCUT2D eigenvalue weighted by Gasteiger charge is -2.25. The molecule has 1 fully saturated rings. The average Bonchev–Trinajstić information content (AvgIpc) is 3.27. The van der Waals surface area contributed by atoms with Gasteiger partial charge in [0.25, 0.3) is 0 Å². The Hall–Kier alpha value is -3.18. The third-order valence-electron chi connectivity index (χ3n) is 5.30. The molecule has 1 heterocycles. The van der Waals surface area contributed by atoms with Crippen LogP contribution >= 0.6 is 8.53 Å². The molecule has 0 radical (unpaired) electrons. The zero-order valence-electron chi connectivity index (χ0n) is 21.1. The van der Waals surface area contributed by atoms with E-state index in [9.17, 15) is 23.2 Å². The number of benzene rings is 2. The molecule has 0 aromatic heterocycles. The number of alkyl halides is 1. The van der Waals surface area contributed by atoms with Gasteiger partial charge in [0.2, 0.25) is 0 Å². The number of carbonyl (C=O) groups is 3. The quantitative estimate of drug-likeness (QED) is 0.175. The van der Waals surface area contributed by atoms with Crippen LogP contribution in [0.2, 0.25) is 0 Å². The first kappa shape index (κ1) is 29.4. The van der Waals surface area contributed by atoms with E-state index < -0.39 is 44.9 Å². The van der Waals surface area contributed by atoms with Crippen molar-refractivity contribution in [3.05, 3.63) is 54.5 Å². The second-order valence-electron chi connectivity index (χ2n) is 8.47. The van der Waals surface area contributed by atoms with Crippen molar-refractivity contribution in [3.8, 4) is 5.75 Å². The largest absolute Gasteiger partial charge is 0.462 e. The Kier molecular flexibility index (Phi) is 10.9. The Morgan fingerprint density at radius 1 is 1.24 bits per heavy atom. The van der Waals surface area contributed by atoms with Crippen molar-refractivity contribution in [1.82, 2.24) is 15.3 Å². The van der Waals surface area contributed by atoms with E-state index in [1.54, 1.807) is 26.0 Å². The molecule has 1 saturated heterocycles. The molecule has 2 N–H and O–H groups in total. The maximum Gasteiger partial charge on any atom is 0.323 e. The molecular formula is C25H30F2N3O7P. The van der Waals surface area contributed by atoms with E-state index in [-0.39, 0.29) is 32.0 Å². The first-order valence-electron chi connectivity index (χ1n) is 11.9. The Balaban J connectivity index is 1.71. The number of nitrogens with one attached hydrogen (secondary N) is 2. The summed E-state index contributed by atoms with van der Waals surface area (Å²) in [4.78, 5) is 35.7. The number of hydrogen-bond donors (Lipinski definition) is 2. The maximum atomic E-state index is 14.9. The van der Waals surface area contributed by atoms with Crippen LogP contribution in [0, 0.1) is 0 Å². The van der Waals surface area contributed by atoms with Gasteiger partial charge < -0.3 is 23.8 Å². The van der Waals surface area contributed by atoms with E-state index in [0.717, 1.165) is 15.7 Å². The number of rotatable bonds is 12. The van der Waals surface area contributed by atoms with Crippen LogP contribution in [-0.2, 0) is 23.6 Å². The van der Waals surface area contributed by atoms with Crippen molar-refractivity contribution in [3.63, 3.8) is 0 Å². The summed E-state index contributed by atoms with van der Waals surface area (Å²) in [6.45, 7) is 2.92. The summed E-state index contributed by atoms with van der Waals surface area (Å²) in [6, 6.07) is 12.2. The third-order valence-corrected chi connectivity index (χ3v) is 6.46. The third kappa shape index (κ3) is 8.16. The van der Waals surface area contributed by atoms with Gasteiger partial charge in [-0.15, -0.1) is 0 Å². The zero-order valence-corrected chi connectivity index (χ0v) is 22.0. The highest BCUT2D eigenvalue weighted by molar-refractivity contribution is 7.45. The molecule has 0 aliphatic carbocycles. The fourth-order valence-corrected chi connectivity index (χ4v) is 4.71. The maximum absolute atomic E-state index is 14.9. The monoisotopic (exact) mass is 553 g/mol. The first-order valence-corrected chi connectivity index (χ1v) is 13.0. The predicted molar refractivity (Wildman–Crippen MR) is 136 cm³/mol. The van der Waals surface area contributed by atoms with Gasteiger partial charge in [-0.3, -0.25) is 14.5 Å². The van der Waals surface area contributed by atoms with Crippen molar-refractivity contribution in [2.45, 2.75) is 44.9 Å². The summed E-state index contributed by atoms with van der Waals surface area (Å²) < 4.78 is 51.0. The number of nitrogens with zero attached hydrogens (tertiary/aromatic N) is 1. The zero-order chi connectivity index (χ0) is 27.7. The topological polar surface area (TPSA) is 115 Å². The van der Waals surface area contributed by atoms with Crippen LogP contribution in [0.15, 0.2) is 54.5 Å². The minimum absolute atomic E-state index is 0.0772. The lowest BCUT2D eigenvalue weighted by atomic mass is 10.1. The number of carbonyl (C=O) groups excluding carboxylic acids is 3. The van der Waals surface area contributed by atoms with Gasteiger partial charge in [-0.1, -0.05) is 36.4 Å². The predicted octanol–water partition coefficient (Wildman–Crippen LogP) is 4.11. The van der Waals surface area contributed by atoms with Gasteiger partial charge in [-0.05, 0) is 25.3 Å². The Bertz CT molecular complexity index is 1150. The molecule has 3 rings (SSSR count). The van der Waals surface area contributed by atoms with Gasteiger partial charge in [0.15, 0.2) is 12.1 Å². The molecule has 2 amide bonds. The van der Waals surface area contributed by atoms with E-state index in [4.69, 9.17) is 18.5 Å². The minimum Gasteiger partial charge on any atom is -0.462 e. The second kappa shape index (κ2) is 14.1. The van der Waals surface area contributed by atoms with E-state index in [1.807, 2.05) is 30.3 Å². The lowest BCUT2D eigenvalue weighted by Crippen LogP contribution is -2.42. The number of ether oxygens (including phenoxy) is 2. The second-order valence-corrected chi connectivity index (χ2v) is 9.74. The van der Waals surface area contributed by atoms with Gasteiger partial charge in [0.05, 0.1) is 18.9 Å². The summed E-state index contributed by atoms with van der Waals surface area (Å²) in [7, 11) is -0.669. The smallest absolute Gasteiger partial charge is 0.323 e. The van der Waals surface area contributed by atoms with Crippen LogP contribution in [0.4, 0.5) is 13.6 Å². The highest BCUT2D eigenvalue weighted by atomic mass is 31.2. The number of esters is 1. The van der Waals surface area contributed by atoms with Crippen molar-refractivity contribution in [1.29, 1.82) is 0 Å². The molecule has 2 aromatic rings. The number of urea groups is 1. The van der Waals surface area contributed by atoms with Crippen LogP contribution in [0.3, 0.4) is 0 Å². The Morgan fingerprint density at radius 3 is 2.68 bits per heavy atom. The van der Waals surface area contributed by atoms with E-state index >= 15 is 0 Å². The average molecular weight is 553 g/mol. The van der Waals surface area contributed by atoms with Gasteiger partial charge in [0, 0.05) is 18.9 Å². The van der Waals surface area contributed by atoms with E-state index in [0.29, 0.717) is 11.9 Å². The fraction of sp³-hybridized carbons (Fsp3) is 0.400. The number of amides is 2. The summed E-state index contributed by atoms with van der Waals surface area (Å²) >= 11 is 0. The molecule has 13 heteroatoms. The molecular weight excluding hydrogens is 523 g/mol. The lowest BCUT2D eigenvalue weighted by molar-refractivity contribution is -0.145. The molecule has 38 heavy (non-hydrogen) atoms. The number of hydrogen-bond acceptors (Lipinski definition) is 8. The molecule has 1 aliphatic heterocycles. The van der Waals surface area contributed by atoms with Crippen molar-refractivity contribution < 1.29 is 41.7 Å². The highest BCUT2D eigenvalue weighted by Gasteiger charge is 2.40. The van der Waals surface area contributed by atoms with Gasteiger partial charge in [0.1, 0.15) is 30.8 Å². The Morgan fingerprint density at radius 2 is 1.97 bits per heavy atom. The van der Waals surface area contributed by atoms with Crippen LogP contribution in [-0.4, -0.2) is 68.0 Å². The van der Waals surface area contributed by atoms with Crippen LogP contribution in [0.1, 0.15) is 20.3 Å². The summed E-state index contributed by atoms with van der Waals surface area (Å²) in [5.41, 5.74) is 0. The number of allylic oxidation sites excluding steroid dienone is 1. The fourth-order valence-electron chi connectivity index (χ4n) is 3.62. The van der Waals surface area contributed by atoms with Crippen LogP contribution in [0.25, 0.3) is 10.8 Å². The molecule has 4 unspecified atom stereocenters. The molecule has 1 aliphatic rings.